The predicted octanol–water partition coefficient (Wildman–Crippen LogP) is 2.09. The third kappa shape index (κ3) is 7.56. The molecule has 0 spiro atoms. The lowest BCUT2D eigenvalue weighted by atomic mass is 10.3. The van der Waals surface area contributed by atoms with Gasteiger partial charge in [0.1, 0.15) is 0 Å². The van der Waals surface area contributed by atoms with Crippen LogP contribution in [0.25, 0.3) is 0 Å². The number of aliphatic hydroxyl groups is 1. The molecule has 11 heavy (non-hydrogen) atoms. The van der Waals surface area contributed by atoms with Crippen LogP contribution in [0.4, 0.5) is 0 Å². The second-order valence-corrected chi connectivity index (χ2v) is 2.86. The van der Waals surface area contributed by atoms with E-state index in [-0.39, 0.29) is 0 Å². The Morgan fingerprint density at radius 3 is 2.64 bits per heavy atom. The lowest BCUT2D eigenvalue weighted by Crippen LogP contribution is -2.11. The third-order valence-corrected chi connectivity index (χ3v) is 1.32. The molecular weight excluding hydrogens is 140 g/mol. The molecule has 0 radical (unpaired) electrons. The maximum Gasteiger partial charge on any atom is 0.154 e. The van der Waals surface area contributed by atoms with Crippen LogP contribution in [0, 0.1) is 0 Å². The van der Waals surface area contributed by atoms with Crippen LogP contribution >= 0.6 is 0 Å². The smallest absolute Gasteiger partial charge is 0.154 e. The zero-order valence-corrected chi connectivity index (χ0v) is 7.63. The molecule has 0 aromatic rings. The molecule has 0 aliphatic rings. The molecule has 1 N–H and O–H groups in total. The summed E-state index contributed by atoms with van der Waals surface area (Å²) in [5, 5.41) is 9.11. The van der Waals surface area contributed by atoms with E-state index in [0.29, 0.717) is 6.61 Å². The molecule has 0 aromatic carbocycles. The zero-order chi connectivity index (χ0) is 8.69. The van der Waals surface area contributed by atoms with Crippen molar-refractivity contribution in [2.24, 2.45) is 0 Å². The summed E-state index contributed by atoms with van der Waals surface area (Å²) in [5.74, 6) is 0. The third-order valence-electron chi connectivity index (χ3n) is 1.32. The van der Waals surface area contributed by atoms with Crippen LogP contribution in [-0.4, -0.2) is 18.0 Å². The van der Waals surface area contributed by atoms with E-state index in [1.807, 2.05) is 26.8 Å². The van der Waals surface area contributed by atoms with Crippen LogP contribution in [0.1, 0.15) is 33.6 Å². The molecule has 2 nitrogen and oxygen atoms in total. The largest absolute Gasteiger partial charge is 0.368 e. The van der Waals surface area contributed by atoms with Crippen LogP contribution in [0.15, 0.2) is 11.6 Å². The molecule has 0 fully saturated rings. The molecular formula is C9H18O2. The number of hydrogen-bond acceptors (Lipinski definition) is 2. The first-order chi connectivity index (χ1) is 5.16. The highest BCUT2D eigenvalue weighted by molar-refractivity contribution is 4.92. The van der Waals surface area contributed by atoms with Gasteiger partial charge < -0.3 is 9.84 Å². The van der Waals surface area contributed by atoms with E-state index in [9.17, 15) is 0 Å². The van der Waals surface area contributed by atoms with Gasteiger partial charge in [0, 0.05) is 0 Å². The molecule has 2 heteroatoms. The lowest BCUT2D eigenvalue weighted by Gasteiger charge is -2.08. The van der Waals surface area contributed by atoms with Gasteiger partial charge in [-0.15, -0.1) is 0 Å². The van der Waals surface area contributed by atoms with E-state index in [0.717, 1.165) is 12.8 Å². The fourth-order valence-corrected chi connectivity index (χ4v) is 0.656. The van der Waals surface area contributed by atoms with Gasteiger partial charge in [-0.05, 0) is 20.3 Å². The number of hydrogen-bond donors (Lipinski definition) is 1. The topological polar surface area (TPSA) is 29.5 Å². The molecule has 1 atom stereocenters. The minimum absolute atomic E-state index is 0.517. The van der Waals surface area contributed by atoms with Gasteiger partial charge in [0.05, 0.1) is 6.61 Å². The van der Waals surface area contributed by atoms with Crippen molar-refractivity contribution < 1.29 is 9.84 Å². The van der Waals surface area contributed by atoms with Crippen LogP contribution < -0.4 is 0 Å². The summed E-state index contributed by atoms with van der Waals surface area (Å²) in [6.07, 6.45) is 3.04. The highest BCUT2D eigenvalue weighted by Gasteiger charge is 1.98. The maximum atomic E-state index is 9.11. The average molecular weight is 158 g/mol. The van der Waals surface area contributed by atoms with Gasteiger partial charge in [-0.25, -0.2) is 0 Å². The first kappa shape index (κ1) is 10.7. The summed E-state index contributed by atoms with van der Waals surface area (Å²) in [5.41, 5.74) is 1.22. The van der Waals surface area contributed by atoms with E-state index in [2.05, 4.69) is 0 Å². The normalized spacial score (nSPS) is 12.7. The van der Waals surface area contributed by atoms with Crippen LogP contribution in [0.5, 0.6) is 0 Å². The van der Waals surface area contributed by atoms with Crippen LogP contribution in [-0.2, 0) is 4.74 Å². The first-order valence-corrected chi connectivity index (χ1v) is 4.09. The Morgan fingerprint density at radius 1 is 1.55 bits per heavy atom. The Morgan fingerprint density at radius 2 is 2.18 bits per heavy atom. The van der Waals surface area contributed by atoms with Crippen molar-refractivity contribution in [1.29, 1.82) is 0 Å². The van der Waals surface area contributed by atoms with Crippen molar-refractivity contribution in [3.8, 4) is 0 Å². The second kappa shape index (κ2) is 6.38. The predicted molar refractivity (Wildman–Crippen MR) is 46.3 cm³/mol. The van der Waals surface area contributed by atoms with Gasteiger partial charge in [0.2, 0.25) is 0 Å². The quantitative estimate of drug-likeness (QED) is 0.490. The van der Waals surface area contributed by atoms with Crippen molar-refractivity contribution in [3.05, 3.63) is 11.6 Å². The number of aliphatic hydroxyl groups excluding tert-OH is 1. The molecule has 0 aromatic heterocycles. The fourth-order valence-electron chi connectivity index (χ4n) is 0.656. The zero-order valence-electron chi connectivity index (χ0n) is 7.63. The monoisotopic (exact) mass is 158 g/mol. The summed E-state index contributed by atoms with van der Waals surface area (Å²) in [4.78, 5) is 0. The highest BCUT2D eigenvalue weighted by Crippen LogP contribution is 1.98. The summed E-state index contributed by atoms with van der Waals surface area (Å²) in [6.45, 7) is 6.56. The molecule has 66 valence electrons. The standard InChI is InChI=1S/C9H18O2/c1-4-5-9(10)11-7-6-8(2)3/h6,9-10H,4-5,7H2,1-3H3. The van der Waals surface area contributed by atoms with Crippen LogP contribution in [0.3, 0.4) is 0 Å². The van der Waals surface area contributed by atoms with Crippen molar-refractivity contribution in [2.45, 2.75) is 39.9 Å². The first-order valence-electron chi connectivity index (χ1n) is 4.09. The van der Waals surface area contributed by atoms with E-state index in [1.165, 1.54) is 5.57 Å². The number of ether oxygens (including phenoxy) is 1. The molecule has 0 heterocycles. The van der Waals surface area contributed by atoms with Gasteiger partial charge in [0.15, 0.2) is 6.29 Å². The van der Waals surface area contributed by atoms with E-state index in [4.69, 9.17) is 9.84 Å². The highest BCUT2D eigenvalue weighted by atomic mass is 16.6. The number of allylic oxidation sites excluding steroid dienone is 1. The molecule has 0 bridgehead atoms. The Kier molecular flexibility index (Phi) is 6.18. The van der Waals surface area contributed by atoms with Gasteiger partial charge in [-0.1, -0.05) is 25.0 Å². The molecule has 0 saturated heterocycles. The molecule has 0 aliphatic carbocycles. The minimum atomic E-state index is -0.587. The average Bonchev–Trinajstić information content (AvgIpc) is 1.87. The molecule has 0 saturated carbocycles. The fraction of sp³-hybridized carbons (Fsp3) is 0.778. The van der Waals surface area contributed by atoms with Crippen LogP contribution in [0.2, 0.25) is 0 Å². The second-order valence-electron chi connectivity index (χ2n) is 2.86. The summed E-state index contributed by atoms with van der Waals surface area (Å²) < 4.78 is 5.07. The van der Waals surface area contributed by atoms with E-state index >= 15 is 0 Å². The van der Waals surface area contributed by atoms with Gasteiger partial charge in [-0.2, -0.15) is 0 Å². The van der Waals surface area contributed by atoms with Gasteiger partial charge >= 0.3 is 0 Å². The summed E-state index contributed by atoms with van der Waals surface area (Å²) in [6, 6.07) is 0. The maximum absolute atomic E-state index is 9.11. The molecule has 0 aliphatic heterocycles. The molecule has 0 amide bonds. The minimum Gasteiger partial charge on any atom is -0.368 e. The SMILES string of the molecule is CCCC(O)OCC=C(C)C. The Labute approximate surface area is 68.9 Å². The summed E-state index contributed by atoms with van der Waals surface area (Å²) >= 11 is 0. The number of rotatable bonds is 5. The van der Waals surface area contributed by atoms with Crippen molar-refractivity contribution in [1.82, 2.24) is 0 Å². The summed E-state index contributed by atoms with van der Waals surface area (Å²) in [7, 11) is 0. The Balaban J connectivity index is 3.31. The van der Waals surface area contributed by atoms with E-state index < -0.39 is 6.29 Å². The van der Waals surface area contributed by atoms with Crippen molar-refractivity contribution >= 4 is 0 Å². The Hall–Kier alpha value is -0.340. The molecule has 0 rings (SSSR count). The van der Waals surface area contributed by atoms with E-state index in [1.54, 1.807) is 0 Å². The lowest BCUT2D eigenvalue weighted by molar-refractivity contribution is -0.0930. The van der Waals surface area contributed by atoms with Crippen molar-refractivity contribution in [2.75, 3.05) is 6.61 Å². The van der Waals surface area contributed by atoms with Gasteiger partial charge in [0.25, 0.3) is 0 Å². The van der Waals surface area contributed by atoms with Crippen molar-refractivity contribution in [3.63, 3.8) is 0 Å². The molecule has 1 unspecified atom stereocenters. The van der Waals surface area contributed by atoms with Gasteiger partial charge in [-0.3, -0.25) is 0 Å². The Bertz CT molecular complexity index is 115.